The number of furan rings is 1. The highest BCUT2D eigenvalue weighted by Crippen LogP contribution is 2.36. The molecule has 0 unspecified atom stereocenters. The summed E-state index contributed by atoms with van der Waals surface area (Å²) >= 11 is 0. The number of hydrogen-bond acceptors (Lipinski definition) is 4. The third-order valence-corrected chi connectivity index (χ3v) is 2.20. The number of aldehydes is 1. The molecule has 78 valence electrons. The van der Waals surface area contributed by atoms with E-state index >= 15 is 0 Å². The normalized spacial score (nSPS) is 10.3. The molecule has 0 radical (unpaired) electrons. The molecule has 0 atom stereocenters. The van der Waals surface area contributed by atoms with E-state index in [0.717, 1.165) is 0 Å². The summed E-state index contributed by atoms with van der Waals surface area (Å²) in [6, 6.07) is 5.32. The predicted octanol–water partition coefficient (Wildman–Crippen LogP) is 2.26. The van der Waals surface area contributed by atoms with Gasteiger partial charge in [0.2, 0.25) is 0 Å². The van der Waals surface area contributed by atoms with E-state index < -0.39 is 0 Å². The van der Waals surface area contributed by atoms with Crippen LogP contribution in [-0.4, -0.2) is 20.5 Å². The Morgan fingerprint density at radius 2 is 2.07 bits per heavy atom. The average Bonchev–Trinajstić information content (AvgIpc) is 2.66. The van der Waals surface area contributed by atoms with Gasteiger partial charge >= 0.3 is 0 Å². The molecule has 2 aromatic rings. The molecule has 15 heavy (non-hydrogen) atoms. The van der Waals surface area contributed by atoms with Gasteiger partial charge in [0.1, 0.15) is 16.9 Å². The Morgan fingerprint density at radius 3 is 2.67 bits per heavy atom. The summed E-state index contributed by atoms with van der Waals surface area (Å²) in [5.74, 6) is 0.811. The van der Waals surface area contributed by atoms with Crippen LogP contribution in [0.3, 0.4) is 0 Å². The van der Waals surface area contributed by atoms with Gasteiger partial charge in [-0.25, -0.2) is 0 Å². The van der Waals surface area contributed by atoms with Crippen molar-refractivity contribution in [3.63, 3.8) is 0 Å². The summed E-state index contributed by atoms with van der Waals surface area (Å²) in [5, 5.41) is 0.645. The molecule has 0 spiro atoms. The monoisotopic (exact) mass is 206 g/mol. The molecule has 0 saturated heterocycles. The first-order valence-electron chi connectivity index (χ1n) is 4.40. The van der Waals surface area contributed by atoms with E-state index in [2.05, 4.69) is 0 Å². The van der Waals surface area contributed by atoms with Gasteiger partial charge in [-0.3, -0.25) is 4.79 Å². The van der Waals surface area contributed by atoms with Crippen molar-refractivity contribution in [2.24, 2.45) is 0 Å². The second-order valence-corrected chi connectivity index (χ2v) is 2.96. The number of carbonyl (C=O) groups excluding carboxylic acids is 1. The molecule has 0 N–H and O–H groups in total. The summed E-state index contributed by atoms with van der Waals surface area (Å²) in [4.78, 5) is 10.9. The zero-order valence-corrected chi connectivity index (χ0v) is 8.44. The first-order chi connectivity index (χ1) is 7.31. The second kappa shape index (κ2) is 3.65. The van der Waals surface area contributed by atoms with Gasteiger partial charge in [-0.1, -0.05) is 6.07 Å². The zero-order valence-electron chi connectivity index (χ0n) is 8.44. The van der Waals surface area contributed by atoms with Crippen molar-refractivity contribution in [2.45, 2.75) is 0 Å². The highest BCUT2D eigenvalue weighted by molar-refractivity contribution is 6.02. The highest BCUT2D eigenvalue weighted by atomic mass is 16.6. The van der Waals surface area contributed by atoms with Gasteiger partial charge in [0.25, 0.3) is 5.95 Å². The van der Waals surface area contributed by atoms with E-state index in [9.17, 15) is 4.79 Å². The zero-order chi connectivity index (χ0) is 10.8. The minimum absolute atomic E-state index is 0.213. The van der Waals surface area contributed by atoms with Crippen molar-refractivity contribution in [3.05, 3.63) is 23.8 Å². The quantitative estimate of drug-likeness (QED) is 0.723. The topological polar surface area (TPSA) is 48.7 Å². The van der Waals surface area contributed by atoms with Gasteiger partial charge in [-0.05, 0) is 12.1 Å². The highest BCUT2D eigenvalue weighted by Gasteiger charge is 2.17. The molecule has 1 aromatic carbocycles. The fourth-order valence-electron chi connectivity index (χ4n) is 1.55. The average molecular weight is 206 g/mol. The fourth-order valence-corrected chi connectivity index (χ4v) is 1.55. The fraction of sp³-hybridized carbons (Fsp3) is 0.182. The summed E-state index contributed by atoms with van der Waals surface area (Å²) in [6.07, 6.45) is 0.702. The Kier molecular flexibility index (Phi) is 2.33. The summed E-state index contributed by atoms with van der Waals surface area (Å²) in [6.45, 7) is 0. The van der Waals surface area contributed by atoms with E-state index in [0.29, 0.717) is 28.6 Å². The largest absolute Gasteiger partial charge is 0.496 e. The SMILES string of the molecule is COc1oc2cccc(OC)c2c1C=O. The summed E-state index contributed by atoms with van der Waals surface area (Å²) in [7, 11) is 3.00. The van der Waals surface area contributed by atoms with Gasteiger partial charge < -0.3 is 13.9 Å². The van der Waals surface area contributed by atoms with Crippen LogP contribution in [0.25, 0.3) is 11.0 Å². The maximum Gasteiger partial charge on any atom is 0.296 e. The van der Waals surface area contributed by atoms with E-state index in [-0.39, 0.29) is 5.95 Å². The first-order valence-corrected chi connectivity index (χ1v) is 4.40. The Morgan fingerprint density at radius 1 is 1.27 bits per heavy atom. The van der Waals surface area contributed by atoms with Crippen LogP contribution in [0, 0.1) is 0 Å². The predicted molar refractivity (Wildman–Crippen MR) is 54.7 cm³/mol. The number of benzene rings is 1. The molecule has 0 aliphatic heterocycles. The first kappa shape index (κ1) is 9.58. The number of hydrogen-bond donors (Lipinski definition) is 0. The van der Waals surface area contributed by atoms with Crippen LogP contribution in [0.2, 0.25) is 0 Å². The molecule has 0 amide bonds. The lowest BCUT2D eigenvalue weighted by molar-refractivity contribution is 0.111. The Hall–Kier alpha value is -1.97. The standard InChI is InChI=1S/C11H10O4/c1-13-8-4-3-5-9-10(8)7(6-12)11(14-2)15-9/h3-6H,1-2H3. The second-order valence-electron chi connectivity index (χ2n) is 2.96. The Labute approximate surface area is 86.4 Å². The maximum atomic E-state index is 10.9. The molecule has 0 bridgehead atoms. The number of rotatable bonds is 3. The summed E-state index contributed by atoms with van der Waals surface area (Å²) < 4.78 is 15.5. The molecule has 4 heteroatoms. The van der Waals surface area contributed by atoms with Crippen molar-refractivity contribution in [1.82, 2.24) is 0 Å². The van der Waals surface area contributed by atoms with Gasteiger partial charge in [-0.2, -0.15) is 0 Å². The molecule has 1 aromatic heterocycles. The summed E-state index contributed by atoms with van der Waals surface area (Å²) in [5.41, 5.74) is 0.957. The van der Waals surface area contributed by atoms with E-state index in [1.54, 1.807) is 25.3 Å². The van der Waals surface area contributed by atoms with Crippen LogP contribution in [0.1, 0.15) is 10.4 Å². The van der Waals surface area contributed by atoms with Crippen LogP contribution < -0.4 is 9.47 Å². The third kappa shape index (κ3) is 1.34. The smallest absolute Gasteiger partial charge is 0.296 e. The van der Waals surface area contributed by atoms with Gasteiger partial charge in [0.15, 0.2) is 6.29 Å². The van der Waals surface area contributed by atoms with Crippen molar-refractivity contribution in [1.29, 1.82) is 0 Å². The van der Waals surface area contributed by atoms with Crippen LogP contribution in [-0.2, 0) is 0 Å². The van der Waals surface area contributed by atoms with Gasteiger partial charge in [0.05, 0.1) is 19.6 Å². The minimum Gasteiger partial charge on any atom is -0.496 e. The van der Waals surface area contributed by atoms with Crippen LogP contribution >= 0.6 is 0 Å². The Balaban J connectivity index is 2.83. The van der Waals surface area contributed by atoms with Crippen molar-refractivity contribution in [2.75, 3.05) is 14.2 Å². The lowest BCUT2D eigenvalue weighted by Crippen LogP contribution is -1.88. The molecule has 1 heterocycles. The van der Waals surface area contributed by atoms with Crippen LogP contribution in [0.5, 0.6) is 11.7 Å². The molecule has 0 fully saturated rings. The molecule has 0 aliphatic rings. The van der Waals surface area contributed by atoms with E-state index in [1.165, 1.54) is 7.11 Å². The maximum absolute atomic E-state index is 10.9. The molecule has 0 saturated carbocycles. The van der Waals surface area contributed by atoms with Crippen molar-refractivity contribution >= 4 is 17.3 Å². The lowest BCUT2D eigenvalue weighted by Gasteiger charge is -1.99. The number of fused-ring (bicyclic) bond motifs is 1. The van der Waals surface area contributed by atoms with Crippen molar-refractivity contribution in [3.8, 4) is 11.7 Å². The molecule has 4 nitrogen and oxygen atoms in total. The molecular formula is C11H10O4. The number of ether oxygens (including phenoxy) is 2. The van der Waals surface area contributed by atoms with Crippen LogP contribution in [0.4, 0.5) is 0 Å². The van der Waals surface area contributed by atoms with Gasteiger partial charge in [-0.15, -0.1) is 0 Å². The van der Waals surface area contributed by atoms with E-state index in [1.807, 2.05) is 0 Å². The van der Waals surface area contributed by atoms with Gasteiger partial charge in [0, 0.05) is 0 Å². The number of methoxy groups -OCH3 is 2. The third-order valence-electron chi connectivity index (χ3n) is 2.20. The van der Waals surface area contributed by atoms with Crippen molar-refractivity contribution < 1.29 is 18.7 Å². The Bertz CT molecular complexity index is 499. The lowest BCUT2D eigenvalue weighted by atomic mass is 10.1. The minimum atomic E-state index is 0.213. The molecular weight excluding hydrogens is 196 g/mol. The van der Waals surface area contributed by atoms with Crippen LogP contribution in [0.15, 0.2) is 22.6 Å². The van der Waals surface area contributed by atoms with E-state index in [4.69, 9.17) is 13.9 Å². The molecule has 2 rings (SSSR count). The number of carbonyl (C=O) groups is 1. The molecule has 0 aliphatic carbocycles.